The average molecular weight is 286 g/mol. The third kappa shape index (κ3) is 4.04. The van der Waals surface area contributed by atoms with Crippen molar-refractivity contribution in [3.63, 3.8) is 0 Å². The fourth-order valence-electron chi connectivity index (χ4n) is 2.07. The smallest absolute Gasteiger partial charge is 0.744 e. The topological polar surface area (TPSA) is 57.2 Å². The molecule has 2 rings (SSSR count). The molecule has 96 valence electrons. The molecule has 0 fully saturated rings. The Labute approximate surface area is 136 Å². The van der Waals surface area contributed by atoms with Gasteiger partial charge in [0.25, 0.3) is 0 Å². The predicted octanol–water partition coefficient (Wildman–Crippen LogP) is 0.0905. The van der Waals surface area contributed by atoms with Gasteiger partial charge >= 0.3 is 29.6 Å². The van der Waals surface area contributed by atoms with Crippen LogP contribution in [0.2, 0.25) is 0 Å². The molecule has 3 nitrogen and oxygen atoms in total. The molecule has 2 aromatic carbocycles. The Kier molecular flexibility index (Phi) is 6.02. The first-order valence-corrected chi connectivity index (χ1v) is 7.41. The third-order valence-corrected chi connectivity index (χ3v) is 3.86. The summed E-state index contributed by atoms with van der Waals surface area (Å²) in [5.74, 6) is 0. The Morgan fingerprint density at radius 2 is 1.89 bits per heavy atom. The Bertz CT molecular complexity index is 665. The van der Waals surface area contributed by atoms with Crippen molar-refractivity contribution in [1.82, 2.24) is 0 Å². The maximum atomic E-state index is 11.0. The summed E-state index contributed by atoms with van der Waals surface area (Å²) >= 11 is 0. The summed E-state index contributed by atoms with van der Waals surface area (Å²) in [6.45, 7) is 2.13. The molecule has 0 aromatic heterocycles. The van der Waals surface area contributed by atoms with Crippen LogP contribution in [-0.2, 0) is 16.5 Å². The van der Waals surface area contributed by atoms with E-state index in [0.29, 0.717) is 0 Å². The minimum Gasteiger partial charge on any atom is -0.744 e. The molecule has 0 unspecified atom stereocenters. The monoisotopic (exact) mass is 286 g/mol. The molecule has 0 amide bonds. The van der Waals surface area contributed by atoms with E-state index in [-0.39, 0.29) is 34.5 Å². The van der Waals surface area contributed by atoms with E-state index < -0.39 is 10.1 Å². The van der Waals surface area contributed by atoms with Gasteiger partial charge in [-0.15, -0.1) is 0 Å². The SMILES string of the molecule is CCCCc1cccc2cc(S(=O)(=O)[O-])ccc12.[Na+]. The summed E-state index contributed by atoms with van der Waals surface area (Å²) in [5.41, 5.74) is 1.20. The van der Waals surface area contributed by atoms with Gasteiger partial charge in [0.2, 0.25) is 0 Å². The first kappa shape index (κ1) is 16.7. The van der Waals surface area contributed by atoms with Gasteiger partial charge in [-0.2, -0.15) is 0 Å². The van der Waals surface area contributed by atoms with Crippen molar-refractivity contribution in [2.45, 2.75) is 31.1 Å². The Hall–Kier alpha value is -0.390. The summed E-state index contributed by atoms with van der Waals surface area (Å²) < 4.78 is 32.9. The van der Waals surface area contributed by atoms with Gasteiger partial charge in [-0.05, 0) is 41.3 Å². The average Bonchev–Trinajstić information content (AvgIpc) is 2.34. The van der Waals surface area contributed by atoms with Crippen LogP contribution >= 0.6 is 0 Å². The molecule has 0 aliphatic rings. The van der Waals surface area contributed by atoms with Gasteiger partial charge in [0.05, 0.1) is 4.90 Å². The standard InChI is InChI=1S/C14H16O3S.Na/c1-2-3-5-11-6-4-7-12-10-13(18(15,16)17)8-9-14(11)12;/h4,6-10H,2-3,5H2,1H3,(H,15,16,17);/q;+1/p-1. The van der Waals surface area contributed by atoms with Crippen LogP contribution in [-0.4, -0.2) is 13.0 Å². The van der Waals surface area contributed by atoms with Gasteiger partial charge in [-0.3, -0.25) is 0 Å². The van der Waals surface area contributed by atoms with Gasteiger partial charge in [0, 0.05) is 0 Å². The van der Waals surface area contributed by atoms with Gasteiger partial charge in [-0.1, -0.05) is 37.6 Å². The van der Waals surface area contributed by atoms with Crippen LogP contribution < -0.4 is 29.6 Å². The summed E-state index contributed by atoms with van der Waals surface area (Å²) in [6, 6.07) is 10.3. The number of rotatable bonds is 4. The van der Waals surface area contributed by atoms with Crippen molar-refractivity contribution in [3.05, 3.63) is 42.0 Å². The van der Waals surface area contributed by atoms with Crippen molar-refractivity contribution < 1.29 is 42.5 Å². The normalized spacial score (nSPS) is 11.3. The molecule has 0 saturated heterocycles. The molecule has 0 atom stereocenters. The molecular weight excluding hydrogens is 271 g/mol. The van der Waals surface area contributed by atoms with Crippen molar-refractivity contribution in [1.29, 1.82) is 0 Å². The fraction of sp³-hybridized carbons (Fsp3) is 0.286. The molecule has 2 aromatic rings. The zero-order valence-corrected chi connectivity index (χ0v) is 14.0. The first-order valence-electron chi connectivity index (χ1n) is 6.00. The van der Waals surface area contributed by atoms with Crippen LogP contribution in [0.15, 0.2) is 41.3 Å². The molecule has 0 spiro atoms. The van der Waals surface area contributed by atoms with Gasteiger partial charge in [0.1, 0.15) is 10.1 Å². The van der Waals surface area contributed by atoms with E-state index in [2.05, 4.69) is 6.92 Å². The number of hydrogen-bond acceptors (Lipinski definition) is 3. The minimum absolute atomic E-state index is 0. The third-order valence-electron chi connectivity index (χ3n) is 3.03. The Balaban J connectivity index is 0.00000180. The zero-order chi connectivity index (χ0) is 13.2. The van der Waals surface area contributed by atoms with Gasteiger partial charge < -0.3 is 4.55 Å². The largest absolute Gasteiger partial charge is 1.00 e. The zero-order valence-electron chi connectivity index (χ0n) is 11.2. The molecule has 19 heavy (non-hydrogen) atoms. The minimum atomic E-state index is -4.37. The molecule has 5 heteroatoms. The van der Waals surface area contributed by atoms with E-state index in [4.69, 9.17) is 0 Å². The van der Waals surface area contributed by atoms with Gasteiger partial charge in [-0.25, -0.2) is 8.42 Å². The number of fused-ring (bicyclic) bond motifs is 1. The first-order chi connectivity index (χ1) is 8.52. The van der Waals surface area contributed by atoms with E-state index in [1.165, 1.54) is 17.7 Å². The second kappa shape index (κ2) is 6.86. The van der Waals surface area contributed by atoms with Crippen LogP contribution in [0.5, 0.6) is 0 Å². The fourth-order valence-corrected chi connectivity index (χ4v) is 2.58. The Morgan fingerprint density at radius 1 is 1.16 bits per heavy atom. The van der Waals surface area contributed by atoms with E-state index >= 15 is 0 Å². The molecule has 0 aliphatic carbocycles. The van der Waals surface area contributed by atoms with E-state index in [9.17, 15) is 13.0 Å². The molecular formula is C14H15NaO3S. The number of hydrogen-bond donors (Lipinski definition) is 0. The Morgan fingerprint density at radius 3 is 2.53 bits per heavy atom. The summed E-state index contributed by atoms with van der Waals surface area (Å²) in [7, 11) is -4.37. The molecule has 0 radical (unpaired) electrons. The van der Waals surface area contributed by atoms with Crippen molar-refractivity contribution >= 4 is 20.9 Å². The molecule has 0 heterocycles. The summed E-state index contributed by atoms with van der Waals surface area (Å²) in [4.78, 5) is -0.164. The van der Waals surface area contributed by atoms with Crippen molar-refractivity contribution in [3.8, 4) is 0 Å². The van der Waals surface area contributed by atoms with Crippen LogP contribution in [0.3, 0.4) is 0 Å². The number of aryl methyl sites for hydroxylation is 1. The number of benzene rings is 2. The maximum absolute atomic E-state index is 11.0. The maximum Gasteiger partial charge on any atom is 1.00 e. The summed E-state index contributed by atoms with van der Waals surface area (Å²) in [6.07, 6.45) is 3.18. The van der Waals surface area contributed by atoms with Crippen LogP contribution in [0.25, 0.3) is 10.8 Å². The molecule has 0 saturated carbocycles. The number of unbranched alkanes of at least 4 members (excludes halogenated alkanes) is 1. The van der Waals surface area contributed by atoms with Crippen LogP contribution in [0.4, 0.5) is 0 Å². The van der Waals surface area contributed by atoms with E-state index in [0.717, 1.165) is 30.0 Å². The van der Waals surface area contributed by atoms with Crippen LogP contribution in [0, 0.1) is 0 Å². The van der Waals surface area contributed by atoms with E-state index in [1.807, 2.05) is 18.2 Å². The van der Waals surface area contributed by atoms with Crippen molar-refractivity contribution in [2.24, 2.45) is 0 Å². The molecule has 0 aliphatic heterocycles. The quantitative estimate of drug-likeness (QED) is 0.591. The second-order valence-electron chi connectivity index (χ2n) is 4.36. The molecule has 0 bridgehead atoms. The van der Waals surface area contributed by atoms with Gasteiger partial charge in [0.15, 0.2) is 0 Å². The predicted molar refractivity (Wildman–Crippen MR) is 70.5 cm³/mol. The van der Waals surface area contributed by atoms with Crippen molar-refractivity contribution in [2.75, 3.05) is 0 Å². The summed E-state index contributed by atoms with van der Waals surface area (Å²) in [5, 5.41) is 1.83. The molecule has 0 N–H and O–H groups in total. The second-order valence-corrected chi connectivity index (χ2v) is 5.74. The van der Waals surface area contributed by atoms with Crippen LogP contribution in [0.1, 0.15) is 25.3 Å². The van der Waals surface area contributed by atoms with E-state index in [1.54, 1.807) is 6.07 Å².